The van der Waals surface area contributed by atoms with Gasteiger partial charge in [0.05, 0.1) is 21.7 Å². The minimum atomic E-state index is -0.203. The SMILES string of the molecule is CC(c1ncn[nH]1)N(CC1CC1)C(=O)c1cccc(Cl)c1Cl. The lowest BCUT2D eigenvalue weighted by Gasteiger charge is -2.28. The van der Waals surface area contributed by atoms with Crippen molar-refractivity contribution in [2.45, 2.75) is 25.8 Å². The van der Waals surface area contributed by atoms with Crippen molar-refractivity contribution in [3.8, 4) is 0 Å². The van der Waals surface area contributed by atoms with E-state index in [2.05, 4.69) is 15.2 Å². The summed E-state index contributed by atoms with van der Waals surface area (Å²) in [5.74, 6) is 1.07. The Labute approximate surface area is 138 Å². The van der Waals surface area contributed by atoms with Gasteiger partial charge in [0.15, 0.2) is 0 Å². The van der Waals surface area contributed by atoms with Crippen molar-refractivity contribution >= 4 is 29.1 Å². The highest BCUT2D eigenvalue weighted by molar-refractivity contribution is 6.43. The fourth-order valence-electron chi connectivity index (χ4n) is 2.38. The van der Waals surface area contributed by atoms with E-state index in [-0.39, 0.29) is 11.9 Å². The Balaban J connectivity index is 1.91. The molecule has 1 fully saturated rings. The number of carbonyl (C=O) groups is 1. The lowest BCUT2D eigenvalue weighted by Crippen LogP contribution is -2.36. The first-order valence-corrected chi connectivity index (χ1v) is 7.93. The molecule has 0 spiro atoms. The van der Waals surface area contributed by atoms with Crippen LogP contribution in [0.1, 0.15) is 42.0 Å². The van der Waals surface area contributed by atoms with E-state index < -0.39 is 0 Å². The molecule has 0 saturated heterocycles. The highest BCUT2D eigenvalue weighted by Crippen LogP contribution is 2.34. The molecule has 3 rings (SSSR count). The van der Waals surface area contributed by atoms with Crippen LogP contribution in [0.3, 0.4) is 0 Å². The van der Waals surface area contributed by atoms with Crippen LogP contribution in [0.4, 0.5) is 0 Å². The van der Waals surface area contributed by atoms with Crippen LogP contribution in [0.15, 0.2) is 24.5 Å². The summed E-state index contributed by atoms with van der Waals surface area (Å²) >= 11 is 12.2. The average Bonchev–Trinajstić information content (AvgIpc) is 3.16. The molecule has 0 aliphatic heterocycles. The zero-order chi connectivity index (χ0) is 15.7. The third-order valence-electron chi connectivity index (χ3n) is 3.89. The lowest BCUT2D eigenvalue weighted by molar-refractivity contribution is 0.0673. The number of aromatic amines is 1. The Morgan fingerprint density at radius 3 is 2.86 bits per heavy atom. The number of carbonyl (C=O) groups excluding carboxylic acids is 1. The van der Waals surface area contributed by atoms with Crippen molar-refractivity contribution < 1.29 is 4.79 Å². The molecule has 1 saturated carbocycles. The molecule has 0 bridgehead atoms. The van der Waals surface area contributed by atoms with E-state index in [9.17, 15) is 4.79 Å². The zero-order valence-electron chi connectivity index (χ0n) is 12.1. The smallest absolute Gasteiger partial charge is 0.256 e. The molecular weight excluding hydrogens is 323 g/mol. The average molecular weight is 339 g/mol. The lowest BCUT2D eigenvalue weighted by atomic mass is 10.1. The second kappa shape index (κ2) is 6.26. The third-order valence-corrected chi connectivity index (χ3v) is 4.71. The molecular formula is C15H16Cl2N4O. The number of H-pyrrole nitrogens is 1. The van der Waals surface area contributed by atoms with Crippen molar-refractivity contribution in [2.24, 2.45) is 5.92 Å². The van der Waals surface area contributed by atoms with Gasteiger partial charge in [0.2, 0.25) is 0 Å². The van der Waals surface area contributed by atoms with Gasteiger partial charge in [0.25, 0.3) is 5.91 Å². The van der Waals surface area contributed by atoms with Crippen LogP contribution in [0.25, 0.3) is 0 Å². The molecule has 1 aromatic carbocycles. The number of nitrogens with zero attached hydrogens (tertiary/aromatic N) is 3. The molecule has 1 aliphatic carbocycles. The predicted molar refractivity (Wildman–Crippen MR) is 85.0 cm³/mol. The first-order chi connectivity index (χ1) is 10.6. The molecule has 1 atom stereocenters. The number of hydrogen-bond donors (Lipinski definition) is 1. The van der Waals surface area contributed by atoms with E-state index in [1.165, 1.54) is 6.33 Å². The summed E-state index contributed by atoms with van der Waals surface area (Å²) in [6, 6.07) is 4.90. The molecule has 1 amide bonds. The Kier molecular flexibility index (Phi) is 4.36. The fourth-order valence-corrected chi connectivity index (χ4v) is 2.76. The van der Waals surface area contributed by atoms with Crippen molar-refractivity contribution in [3.05, 3.63) is 46.0 Å². The maximum absolute atomic E-state index is 12.9. The van der Waals surface area contributed by atoms with Crippen LogP contribution in [-0.4, -0.2) is 32.5 Å². The van der Waals surface area contributed by atoms with Gasteiger partial charge in [-0.2, -0.15) is 5.10 Å². The molecule has 1 N–H and O–H groups in total. The summed E-state index contributed by atoms with van der Waals surface area (Å²) in [7, 11) is 0. The molecule has 7 heteroatoms. The summed E-state index contributed by atoms with van der Waals surface area (Å²) in [4.78, 5) is 18.9. The number of rotatable bonds is 5. The minimum absolute atomic E-state index is 0.136. The minimum Gasteiger partial charge on any atom is -0.328 e. The molecule has 116 valence electrons. The highest BCUT2D eigenvalue weighted by atomic mass is 35.5. The third kappa shape index (κ3) is 3.10. The van der Waals surface area contributed by atoms with E-state index in [0.717, 1.165) is 12.8 Å². The van der Waals surface area contributed by atoms with Gasteiger partial charge in [-0.3, -0.25) is 9.89 Å². The second-order valence-corrected chi connectivity index (χ2v) is 6.33. The summed E-state index contributed by atoms with van der Waals surface area (Å²) in [6.07, 6.45) is 3.74. The van der Waals surface area contributed by atoms with Gasteiger partial charge in [0.1, 0.15) is 12.2 Å². The van der Waals surface area contributed by atoms with Crippen molar-refractivity contribution in [3.63, 3.8) is 0 Å². The predicted octanol–water partition coefficient (Wildman–Crippen LogP) is 3.72. The number of nitrogens with one attached hydrogen (secondary N) is 1. The Morgan fingerprint density at radius 2 is 2.23 bits per heavy atom. The zero-order valence-corrected chi connectivity index (χ0v) is 13.6. The molecule has 2 aromatic rings. The maximum atomic E-state index is 12.9. The highest BCUT2D eigenvalue weighted by Gasteiger charge is 2.32. The number of benzene rings is 1. The van der Waals surface area contributed by atoms with Crippen LogP contribution >= 0.6 is 23.2 Å². The van der Waals surface area contributed by atoms with E-state index in [0.29, 0.717) is 33.9 Å². The summed E-state index contributed by atoms with van der Waals surface area (Å²) < 4.78 is 0. The van der Waals surface area contributed by atoms with Crippen molar-refractivity contribution in [1.29, 1.82) is 0 Å². The van der Waals surface area contributed by atoms with Crippen LogP contribution in [-0.2, 0) is 0 Å². The number of aromatic nitrogens is 3. The van der Waals surface area contributed by atoms with Gasteiger partial charge in [0, 0.05) is 6.54 Å². The van der Waals surface area contributed by atoms with E-state index >= 15 is 0 Å². The largest absolute Gasteiger partial charge is 0.328 e. The fraction of sp³-hybridized carbons (Fsp3) is 0.400. The first kappa shape index (κ1) is 15.3. The van der Waals surface area contributed by atoms with Gasteiger partial charge in [-0.15, -0.1) is 0 Å². The molecule has 0 radical (unpaired) electrons. The quantitative estimate of drug-likeness (QED) is 0.903. The number of halogens is 2. The van der Waals surface area contributed by atoms with Crippen molar-refractivity contribution in [1.82, 2.24) is 20.1 Å². The topological polar surface area (TPSA) is 61.9 Å². The van der Waals surface area contributed by atoms with Gasteiger partial charge < -0.3 is 4.90 Å². The van der Waals surface area contributed by atoms with Crippen molar-refractivity contribution in [2.75, 3.05) is 6.54 Å². The van der Waals surface area contributed by atoms with Gasteiger partial charge >= 0.3 is 0 Å². The molecule has 5 nitrogen and oxygen atoms in total. The van der Waals surface area contributed by atoms with Gasteiger partial charge in [-0.05, 0) is 37.8 Å². The van der Waals surface area contributed by atoms with Gasteiger partial charge in [-0.1, -0.05) is 29.3 Å². The van der Waals surface area contributed by atoms with E-state index in [1.54, 1.807) is 23.1 Å². The molecule has 1 heterocycles. The Hall–Kier alpha value is -1.59. The standard InChI is InChI=1S/C15H16Cl2N4O/c1-9(14-18-8-19-20-14)21(7-10-5-6-10)15(22)11-3-2-4-12(16)13(11)17/h2-4,8-10H,5-7H2,1H3,(H,18,19,20). The summed E-state index contributed by atoms with van der Waals surface area (Å²) in [5.41, 5.74) is 0.418. The van der Waals surface area contributed by atoms with Crippen LogP contribution in [0.2, 0.25) is 10.0 Å². The van der Waals surface area contributed by atoms with Gasteiger partial charge in [-0.25, -0.2) is 4.98 Å². The molecule has 1 aliphatic rings. The Bertz CT molecular complexity index is 670. The first-order valence-electron chi connectivity index (χ1n) is 7.18. The molecule has 1 aromatic heterocycles. The summed E-state index contributed by atoms with van der Waals surface area (Å²) in [5, 5.41) is 7.36. The maximum Gasteiger partial charge on any atom is 0.256 e. The second-order valence-electron chi connectivity index (χ2n) is 5.55. The van der Waals surface area contributed by atoms with Crippen LogP contribution < -0.4 is 0 Å². The normalized spacial score (nSPS) is 15.6. The number of amides is 1. The Morgan fingerprint density at radius 1 is 1.45 bits per heavy atom. The van der Waals surface area contributed by atoms with Crippen LogP contribution in [0.5, 0.6) is 0 Å². The summed E-state index contributed by atoms with van der Waals surface area (Å²) in [6.45, 7) is 2.61. The number of hydrogen-bond acceptors (Lipinski definition) is 3. The van der Waals surface area contributed by atoms with Crippen LogP contribution in [0, 0.1) is 5.92 Å². The molecule has 22 heavy (non-hydrogen) atoms. The molecule has 1 unspecified atom stereocenters. The monoisotopic (exact) mass is 338 g/mol. The van der Waals surface area contributed by atoms with E-state index in [1.807, 2.05) is 6.92 Å². The van der Waals surface area contributed by atoms with E-state index in [4.69, 9.17) is 23.2 Å².